The van der Waals surface area contributed by atoms with Gasteiger partial charge in [-0.25, -0.2) is 4.79 Å². The molecule has 2 N–H and O–H groups in total. The van der Waals surface area contributed by atoms with E-state index in [-0.39, 0.29) is 12.1 Å². The largest absolute Gasteiger partial charge is 0.444 e. The summed E-state index contributed by atoms with van der Waals surface area (Å²) in [6.45, 7) is 9.20. The Labute approximate surface area is 133 Å². The van der Waals surface area contributed by atoms with Crippen LogP contribution in [0.15, 0.2) is 24.3 Å². The fourth-order valence-corrected chi connectivity index (χ4v) is 2.91. The predicted octanol–water partition coefficient (Wildman–Crippen LogP) is 3.12. The first-order chi connectivity index (χ1) is 10.2. The lowest BCUT2D eigenvalue weighted by atomic mass is 9.93. The van der Waals surface area contributed by atoms with Crippen molar-refractivity contribution in [2.24, 2.45) is 11.7 Å². The molecule has 0 saturated carbocycles. The van der Waals surface area contributed by atoms with Gasteiger partial charge in [0.1, 0.15) is 5.60 Å². The van der Waals surface area contributed by atoms with Crippen molar-refractivity contribution in [3.63, 3.8) is 0 Å². The molecule has 1 aliphatic rings. The molecule has 1 fully saturated rings. The highest BCUT2D eigenvalue weighted by molar-refractivity contribution is 5.68. The molecule has 0 radical (unpaired) electrons. The molecule has 1 aromatic rings. The van der Waals surface area contributed by atoms with Gasteiger partial charge < -0.3 is 15.4 Å². The van der Waals surface area contributed by atoms with E-state index in [0.717, 1.165) is 19.4 Å². The van der Waals surface area contributed by atoms with E-state index < -0.39 is 5.60 Å². The standard InChI is InChI=1S/C18H28N2O2/c1-13-6-5-7-14(10-13)11-16(19)15-8-9-20(12-15)17(21)22-18(2,3)4/h5-7,10,15-16H,8-9,11-12,19H2,1-4H3. The number of carbonyl (C=O) groups excluding carboxylic acids is 1. The highest BCUT2D eigenvalue weighted by Crippen LogP contribution is 2.23. The minimum Gasteiger partial charge on any atom is -0.444 e. The average Bonchev–Trinajstić information content (AvgIpc) is 2.86. The van der Waals surface area contributed by atoms with Crippen LogP contribution in [0.2, 0.25) is 0 Å². The summed E-state index contributed by atoms with van der Waals surface area (Å²) in [5.74, 6) is 0.341. The minimum absolute atomic E-state index is 0.0780. The van der Waals surface area contributed by atoms with E-state index in [4.69, 9.17) is 10.5 Å². The van der Waals surface area contributed by atoms with Crippen molar-refractivity contribution in [3.05, 3.63) is 35.4 Å². The van der Waals surface area contributed by atoms with Crippen molar-refractivity contribution in [1.29, 1.82) is 0 Å². The molecule has 0 aromatic heterocycles. The summed E-state index contributed by atoms with van der Waals surface area (Å²) in [7, 11) is 0. The second kappa shape index (κ2) is 6.69. The molecule has 2 rings (SSSR count). The molecule has 1 saturated heterocycles. The first kappa shape index (κ1) is 16.8. The molecule has 4 nitrogen and oxygen atoms in total. The molecule has 0 spiro atoms. The number of carbonyl (C=O) groups is 1. The maximum Gasteiger partial charge on any atom is 0.410 e. The van der Waals surface area contributed by atoms with Crippen LogP contribution in [0, 0.1) is 12.8 Å². The quantitative estimate of drug-likeness (QED) is 0.933. The van der Waals surface area contributed by atoms with Crippen LogP contribution in [0.1, 0.15) is 38.3 Å². The number of likely N-dealkylation sites (tertiary alicyclic amines) is 1. The van der Waals surface area contributed by atoms with Gasteiger partial charge in [0.25, 0.3) is 0 Å². The highest BCUT2D eigenvalue weighted by atomic mass is 16.6. The van der Waals surface area contributed by atoms with Gasteiger partial charge in [-0.15, -0.1) is 0 Å². The molecule has 0 bridgehead atoms. The van der Waals surface area contributed by atoms with Gasteiger partial charge in [0, 0.05) is 19.1 Å². The second-order valence-electron chi connectivity index (χ2n) is 7.33. The number of hydrogen-bond acceptors (Lipinski definition) is 3. The van der Waals surface area contributed by atoms with E-state index in [1.807, 2.05) is 20.8 Å². The summed E-state index contributed by atoms with van der Waals surface area (Å²) in [5.41, 5.74) is 8.45. The SMILES string of the molecule is Cc1cccc(CC(N)C2CCN(C(=O)OC(C)(C)C)C2)c1. The fourth-order valence-electron chi connectivity index (χ4n) is 2.91. The van der Waals surface area contributed by atoms with Gasteiger partial charge in [0.2, 0.25) is 0 Å². The molecule has 1 aliphatic heterocycles. The normalized spacial score (nSPS) is 20.0. The Bertz CT molecular complexity index is 522. The van der Waals surface area contributed by atoms with E-state index >= 15 is 0 Å². The van der Waals surface area contributed by atoms with E-state index in [1.54, 1.807) is 4.90 Å². The van der Waals surface area contributed by atoms with Crippen molar-refractivity contribution in [3.8, 4) is 0 Å². The van der Waals surface area contributed by atoms with Crippen molar-refractivity contribution in [2.75, 3.05) is 13.1 Å². The number of ether oxygens (including phenoxy) is 1. The van der Waals surface area contributed by atoms with Crippen molar-refractivity contribution < 1.29 is 9.53 Å². The monoisotopic (exact) mass is 304 g/mol. The zero-order chi connectivity index (χ0) is 16.3. The lowest BCUT2D eigenvalue weighted by Gasteiger charge is -2.25. The average molecular weight is 304 g/mol. The zero-order valence-corrected chi connectivity index (χ0v) is 14.1. The number of benzene rings is 1. The summed E-state index contributed by atoms with van der Waals surface area (Å²) < 4.78 is 5.43. The first-order valence-electron chi connectivity index (χ1n) is 8.03. The molecule has 1 heterocycles. The van der Waals surface area contributed by atoms with Gasteiger partial charge in [-0.1, -0.05) is 29.8 Å². The molecule has 4 heteroatoms. The number of nitrogens with two attached hydrogens (primary N) is 1. The third kappa shape index (κ3) is 4.73. The van der Waals surface area contributed by atoms with Gasteiger partial charge in [0.05, 0.1) is 0 Å². The number of rotatable bonds is 3. The maximum atomic E-state index is 12.1. The van der Waals surface area contributed by atoms with E-state index in [9.17, 15) is 4.79 Å². The molecule has 122 valence electrons. The smallest absolute Gasteiger partial charge is 0.410 e. The molecule has 22 heavy (non-hydrogen) atoms. The van der Waals surface area contributed by atoms with E-state index in [1.165, 1.54) is 11.1 Å². The summed E-state index contributed by atoms with van der Waals surface area (Å²) in [4.78, 5) is 13.9. The fraction of sp³-hybridized carbons (Fsp3) is 0.611. The minimum atomic E-state index is -0.446. The predicted molar refractivity (Wildman–Crippen MR) is 88.8 cm³/mol. The molecule has 1 amide bonds. The lowest BCUT2D eigenvalue weighted by Crippen LogP contribution is -2.38. The first-order valence-corrected chi connectivity index (χ1v) is 8.03. The van der Waals surface area contributed by atoms with Crippen LogP contribution in [-0.4, -0.2) is 35.7 Å². The number of hydrogen-bond donors (Lipinski definition) is 1. The Morgan fingerprint density at radius 1 is 1.45 bits per heavy atom. The Kier molecular flexibility index (Phi) is 5.12. The number of aryl methyl sites for hydroxylation is 1. The third-order valence-corrected chi connectivity index (χ3v) is 4.04. The second-order valence-corrected chi connectivity index (χ2v) is 7.33. The molecule has 2 unspecified atom stereocenters. The molecular formula is C18H28N2O2. The number of nitrogens with zero attached hydrogens (tertiary/aromatic N) is 1. The molecule has 1 aromatic carbocycles. The molecule has 0 aliphatic carbocycles. The summed E-state index contributed by atoms with van der Waals surface area (Å²) in [5, 5.41) is 0. The lowest BCUT2D eigenvalue weighted by molar-refractivity contribution is 0.0286. The van der Waals surface area contributed by atoms with Gasteiger partial charge >= 0.3 is 6.09 Å². The Hall–Kier alpha value is -1.55. The van der Waals surface area contributed by atoms with E-state index in [0.29, 0.717) is 12.5 Å². The number of amides is 1. The summed E-state index contributed by atoms with van der Waals surface area (Å²) in [6.07, 6.45) is 1.58. The van der Waals surface area contributed by atoms with Crippen LogP contribution in [0.5, 0.6) is 0 Å². The van der Waals surface area contributed by atoms with Gasteiger partial charge in [-0.05, 0) is 52.0 Å². The highest BCUT2D eigenvalue weighted by Gasteiger charge is 2.32. The Balaban J connectivity index is 1.88. The third-order valence-electron chi connectivity index (χ3n) is 4.04. The van der Waals surface area contributed by atoms with Crippen LogP contribution < -0.4 is 5.73 Å². The van der Waals surface area contributed by atoms with E-state index in [2.05, 4.69) is 31.2 Å². The van der Waals surface area contributed by atoms with Crippen LogP contribution >= 0.6 is 0 Å². The summed E-state index contributed by atoms with van der Waals surface area (Å²) >= 11 is 0. The van der Waals surface area contributed by atoms with Crippen molar-refractivity contribution in [2.45, 2.75) is 52.2 Å². The van der Waals surface area contributed by atoms with Gasteiger partial charge in [-0.2, -0.15) is 0 Å². The van der Waals surface area contributed by atoms with Crippen molar-refractivity contribution in [1.82, 2.24) is 4.90 Å². The van der Waals surface area contributed by atoms with Gasteiger partial charge in [-0.3, -0.25) is 0 Å². The van der Waals surface area contributed by atoms with Crippen LogP contribution in [0.25, 0.3) is 0 Å². The van der Waals surface area contributed by atoms with Crippen LogP contribution in [0.3, 0.4) is 0 Å². The summed E-state index contributed by atoms with van der Waals surface area (Å²) in [6, 6.07) is 8.54. The molecule has 2 atom stereocenters. The van der Waals surface area contributed by atoms with Crippen LogP contribution in [-0.2, 0) is 11.2 Å². The van der Waals surface area contributed by atoms with Crippen LogP contribution in [0.4, 0.5) is 4.79 Å². The van der Waals surface area contributed by atoms with Crippen molar-refractivity contribution >= 4 is 6.09 Å². The van der Waals surface area contributed by atoms with Gasteiger partial charge in [0.15, 0.2) is 0 Å². The topological polar surface area (TPSA) is 55.6 Å². The Morgan fingerprint density at radius 2 is 2.18 bits per heavy atom. The molecular weight excluding hydrogens is 276 g/mol. The Morgan fingerprint density at radius 3 is 2.82 bits per heavy atom. The zero-order valence-electron chi connectivity index (χ0n) is 14.1. The maximum absolute atomic E-state index is 12.1.